The topological polar surface area (TPSA) is 41.5 Å². The number of methoxy groups -OCH3 is 1. The fourth-order valence-electron chi connectivity index (χ4n) is 2.85. The number of hydrogen-bond acceptors (Lipinski definition) is 3. The lowest BCUT2D eigenvalue weighted by Crippen LogP contribution is -2.21. The van der Waals surface area contributed by atoms with Gasteiger partial charge in [-0.25, -0.2) is 0 Å². The lowest BCUT2D eigenvalue weighted by Gasteiger charge is -2.12. The van der Waals surface area contributed by atoms with Crippen molar-refractivity contribution in [3.8, 4) is 11.5 Å². The summed E-state index contributed by atoms with van der Waals surface area (Å²) < 4.78 is 4.91. The fourth-order valence-corrected chi connectivity index (χ4v) is 2.85. The summed E-state index contributed by atoms with van der Waals surface area (Å²) in [5.41, 5.74) is 0.979. The van der Waals surface area contributed by atoms with E-state index in [9.17, 15) is 5.11 Å². The average molecular weight is 464 g/mol. The summed E-state index contributed by atoms with van der Waals surface area (Å²) in [5, 5.41) is 15.5. The second-order valence-corrected chi connectivity index (χ2v) is 7.52. The van der Waals surface area contributed by atoms with Gasteiger partial charge in [0.1, 0.15) is 11.5 Å². The highest BCUT2D eigenvalue weighted by Crippen LogP contribution is 2.26. The van der Waals surface area contributed by atoms with Gasteiger partial charge < -0.3 is 15.2 Å². The van der Waals surface area contributed by atoms with Gasteiger partial charge >= 0.3 is 0 Å². The smallest absolute Gasteiger partial charge is 0.120 e. The van der Waals surface area contributed by atoms with E-state index < -0.39 is 0 Å². The maximum absolute atomic E-state index is 9.88. The Labute approximate surface area is 208 Å². The predicted octanol–water partition coefficient (Wildman–Crippen LogP) is 8.68. The van der Waals surface area contributed by atoms with Crippen molar-refractivity contribution in [1.29, 1.82) is 0 Å². The molecule has 0 atom stereocenters. The molecule has 186 valence electrons. The molecule has 3 rings (SSSR count). The molecule has 0 saturated heterocycles. The van der Waals surface area contributed by atoms with Gasteiger partial charge in [-0.1, -0.05) is 107 Å². The molecule has 0 bridgehead atoms. The number of allylic oxidation sites excluding steroid dienone is 4. The van der Waals surface area contributed by atoms with Gasteiger partial charge in [0, 0.05) is 18.2 Å². The van der Waals surface area contributed by atoms with Crippen LogP contribution in [0, 0.1) is 0 Å². The Balaban J connectivity index is 0.000000512. The third kappa shape index (κ3) is 13.5. The van der Waals surface area contributed by atoms with Crippen LogP contribution in [0.2, 0.25) is 0 Å². The van der Waals surface area contributed by atoms with Crippen LogP contribution in [0.25, 0.3) is 10.8 Å². The van der Waals surface area contributed by atoms with Crippen LogP contribution in [-0.4, -0.2) is 18.3 Å². The molecular weight excluding hydrogens is 418 g/mol. The van der Waals surface area contributed by atoms with Gasteiger partial charge in [0.15, 0.2) is 0 Å². The van der Waals surface area contributed by atoms with Crippen LogP contribution in [0.3, 0.4) is 0 Å². The second-order valence-electron chi connectivity index (χ2n) is 7.52. The highest BCUT2D eigenvalue weighted by Gasteiger charge is 2.06. The van der Waals surface area contributed by atoms with E-state index in [1.165, 1.54) is 5.39 Å². The van der Waals surface area contributed by atoms with Gasteiger partial charge in [0.2, 0.25) is 0 Å². The molecule has 3 heteroatoms. The van der Waals surface area contributed by atoms with Crippen LogP contribution >= 0.6 is 0 Å². The van der Waals surface area contributed by atoms with Crippen molar-refractivity contribution in [2.24, 2.45) is 0 Å². The molecule has 3 aromatic rings. The first-order valence-electron chi connectivity index (χ1n) is 12.3. The number of phenolic OH excluding ortho intramolecular Hbond substituents is 1. The van der Waals surface area contributed by atoms with Crippen molar-refractivity contribution in [1.82, 2.24) is 5.32 Å². The van der Waals surface area contributed by atoms with E-state index in [0.717, 1.165) is 29.5 Å². The minimum atomic E-state index is 0.367. The third-order valence-corrected chi connectivity index (χ3v) is 4.59. The lowest BCUT2D eigenvalue weighted by atomic mass is 10.0. The van der Waals surface area contributed by atoms with Crippen molar-refractivity contribution < 1.29 is 9.84 Å². The monoisotopic (exact) mass is 463 g/mol. The largest absolute Gasteiger partial charge is 0.508 e. The zero-order valence-electron chi connectivity index (χ0n) is 22.2. The molecular formula is C31H45NO2. The zero-order chi connectivity index (χ0) is 25.6. The first-order chi connectivity index (χ1) is 16.5. The number of ether oxygens (including phenoxy) is 1. The van der Waals surface area contributed by atoms with Gasteiger partial charge in [-0.2, -0.15) is 0 Å². The summed E-state index contributed by atoms with van der Waals surface area (Å²) in [6.07, 6.45) is 10.8. The maximum Gasteiger partial charge on any atom is 0.120 e. The Morgan fingerprint density at radius 3 is 2.09 bits per heavy atom. The van der Waals surface area contributed by atoms with E-state index in [2.05, 4.69) is 56.5 Å². The molecule has 0 heterocycles. The van der Waals surface area contributed by atoms with Crippen LogP contribution in [0.15, 0.2) is 91.0 Å². The molecule has 0 aliphatic rings. The molecule has 0 amide bonds. The first-order valence-corrected chi connectivity index (χ1v) is 12.3. The normalized spacial score (nSPS) is 10.2. The van der Waals surface area contributed by atoms with E-state index in [1.807, 2.05) is 75.4 Å². The number of para-hydroxylation sites is 1. The summed E-state index contributed by atoms with van der Waals surface area (Å²) in [4.78, 5) is 0. The first kappa shape index (κ1) is 31.0. The van der Waals surface area contributed by atoms with E-state index in [1.54, 1.807) is 13.2 Å². The van der Waals surface area contributed by atoms with Crippen LogP contribution in [0.1, 0.15) is 59.9 Å². The summed E-state index contributed by atoms with van der Waals surface area (Å²) >= 11 is 0. The summed E-state index contributed by atoms with van der Waals surface area (Å²) in [5.74, 6) is 1.28. The Morgan fingerprint density at radius 1 is 0.882 bits per heavy atom. The molecule has 2 N–H and O–H groups in total. The van der Waals surface area contributed by atoms with Crippen molar-refractivity contribution >= 4 is 10.8 Å². The van der Waals surface area contributed by atoms with Crippen molar-refractivity contribution in [3.63, 3.8) is 0 Å². The standard InChI is InChI=1S/C14H17NO.C8H14.C7H8O.C2H6/c1-10(2)15-9-13-12-6-4-3-5-11(12)7-8-14(13)16;1-3-5-7-8-6-4-2;1-8-7-5-3-2-4-6-7;1-2/h3-8,10,15-16H,9H2,1-2H3;3,5-6,8H,4,7H2,1-2H3;2-6H,1H3;1-2H3/b;5-3-,8-6-;;. The number of phenols is 1. The van der Waals surface area contributed by atoms with E-state index in [-0.39, 0.29) is 0 Å². The Morgan fingerprint density at radius 2 is 1.53 bits per heavy atom. The van der Waals surface area contributed by atoms with E-state index in [0.29, 0.717) is 18.3 Å². The van der Waals surface area contributed by atoms with Gasteiger partial charge in [-0.3, -0.25) is 0 Å². The summed E-state index contributed by atoms with van der Waals surface area (Å²) in [6.45, 7) is 13.1. The molecule has 0 aliphatic heterocycles. The molecule has 3 aromatic carbocycles. The quantitative estimate of drug-likeness (QED) is 0.344. The average Bonchev–Trinajstić information content (AvgIpc) is 2.88. The van der Waals surface area contributed by atoms with E-state index >= 15 is 0 Å². The maximum atomic E-state index is 9.88. The SMILES string of the molecule is C/C=C\C/C=C\CC.CC.CC(C)NCc1c(O)ccc2ccccc12.COc1ccccc1. The minimum Gasteiger partial charge on any atom is -0.508 e. The molecule has 34 heavy (non-hydrogen) atoms. The predicted molar refractivity (Wildman–Crippen MR) is 151 cm³/mol. The molecule has 0 aliphatic carbocycles. The van der Waals surface area contributed by atoms with Crippen LogP contribution in [0.4, 0.5) is 0 Å². The molecule has 0 unspecified atom stereocenters. The van der Waals surface area contributed by atoms with Gasteiger partial charge in [0.25, 0.3) is 0 Å². The zero-order valence-corrected chi connectivity index (χ0v) is 22.2. The third-order valence-electron chi connectivity index (χ3n) is 4.59. The summed E-state index contributed by atoms with van der Waals surface area (Å²) in [6, 6.07) is 21.9. The molecule has 0 fully saturated rings. The van der Waals surface area contributed by atoms with Crippen LogP contribution in [-0.2, 0) is 6.54 Å². The fraction of sp³-hybridized carbons (Fsp3) is 0.355. The Hall–Kier alpha value is -3.04. The van der Waals surface area contributed by atoms with Gasteiger partial charge in [-0.05, 0) is 48.7 Å². The highest BCUT2D eigenvalue weighted by molar-refractivity contribution is 5.87. The van der Waals surface area contributed by atoms with Gasteiger partial charge in [0.05, 0.1) is 7.11 Å². The molecule has 0 aromatic heterocycles. The molecule has 3 nitrogen and oxygen atoms in total. The highest BCUT2D eigenvalue weighted by atomic mass is 16.5. The number of nitrogens with one attached hydrogen (secondary N) is 1. The number of rotatable bonds is 7. The van der Waals surface area contributed by atoms with Crippen molar-refractivity contribution in [2.45, 2.75) is 67.0 Å². The van der Waals surface area contributed by atoms with E-state index in [4.69, 9.17) is 4.74 Å². The van der Waals surface area contributed by atoms with Crippen molar-refractivity contribution in [2.75, 3.05) is 7.11 Å². The number of benzene rings is 3. The number of aromatic hydroxyl groups is 1. The van der Waals surface area contributed by atoms with Crippen LogP contribution in [0.5, 0.6) is 11.5 Å². The van der Waals surface area contributed by atoms with Gasteiger partial charge in [-0.15, -0.1) is 0 Å². The Kier molecular flexibility index (Phi) is 18.7. The second kappa shape index (κ2) is 20.6. The number of hydrogen-bond donors (Lipinski definition) is 2. The van der Waals surface area contributed by atoms with Crippen molar-refractivity contribution in [3.05, 3.63) is 96.6 Å². The lowest BCUT2D eigenvalue weighted by molar-refractivity contribution is 0.415. The molecule has 0 saturated carbocycles. The van der Waals surface area contributed by atoms with Crippen LogP contribution < -0.4 is 10.1 Å². The molecule has 0 radical (unpaired) electrons. The molecule has 0 spiro atoms. The minimum absolute atomic E-state index is 0.367. The number of fused-ring (bicyclic) bond motifs is 1. The summed E-state index contributed by atoms with van der Waals surface area (Å²) in [7, 11) is 1.66. The Bertz CT molecular complexity index is 931.